The van der Waals surface area contributed by atoms with E-state index in [9.17, 15) is 4.79 Å². The van der Waals surface area contributed by atoms with Crippen LogP contribution in [-0.4, -0.2) is 43.5 Å². The van der Waals surface area contributed by atoms with Crippen LogP contribution in [0.4, 0.5) is 0 Å². The van der Waals surface area contributed by atoms with Gasteiger partial charge in [0, 0.05) is 11.3 Å². The van der Waals surface area contributed by atoms with E-state index in [1.165, 1.54) is 7.11 Å². The summed E-state index contributed by atoms with van der Waals surface area (Å²) in [5, 5.41) is 18.9. The van der Waals surface area contributed by atoms with Gasteiger partial charge in [-0.1, -0.05) is 61.9 Å². The van der Waals surface area contributed by atoms with Crippen molar-refractivity contribution >= 4 is 5.97 Å². The minimum atomic E-state index is -0.412. The number of methoxy groups -OCH3 is 1. The molecule has 2 heterocycles. The molecule has 0 radical (unpaired) electrons. The van der Waals surface area contributed by atoms with E-state index in [0.29, 0.717) is 18.1 Å². The highest BCUT2D eigenvalue weighted by Crippen LogP contribution is 2.29. The second-order valence-electron chi connectivity index (χ2n) is 7.25. The first-order chi connectivity index (χ1) is 15.2. The molecule has 4 rings (SSSR count). The van der Waals surface area contributed by atoms with Crippen molar-refractivity contribution in [3.8, 4) is 22.5 Å². The number of aryl methyl sites for hydroxylation is 1. The first-order valence-electron chi connectivity index (χ1n) is 10.3. The van der Waals surface area contributed by atoms with Gasteiger partial charge in [0.2, 0.25) is 5.82 Å². The van der Waals surface area contributed by atoms with Gasteiger partial charge in [-0.15, -0.1) is 10.2 Å². The maximum Gasteiger partial charge on any atom is 0.358 e. The Bertz CT molecular complexity index is 1150. The first-order valence-corrected chi connectivity index (χ1v) is 10.3. The molecule has 0 atom stereocenters. The number of carbonyl (C=O) groups is 1. The Hall–Kier alpha value is -3.81. The standard InChI is InChI=1S/C23H24N6O2/c1-3-4-7-18-14-21(23(30)31-2)26-29(18)15-16-10-12-17(13-11-16)19-8-5-6-9-20(19)22-24-27-28-25-22/h5-6,8-14H,3-4,7,15H2,1-2H3,(H,24,25,27,28). The van der Waals surface area contributed by atoms with E-state index in [-0.39, 0.29) is 0 Å². The van der Waals surface area contributed by atoms with E-state index in [2.05, 4.69) is 56.9 Å². The molecule has 1 N–H and O–H groups in total. The third-order valence-corrected chi connectivity index (χ3v) is 5.15. The number of unbranched alkanes of at least 4 members (excludes halogenated alkanes) is 1. The molecule has 8 nitrogen and oxygen atoms in total. The van der Waals surface area contributed by atoms with Crippen LogP contribution in [0.5, 0.6) is 0 Å². The monoisotopic (exact) mass is 416 g/mol. The van der Waals surface area contributed by atoms with Crippen LogP contribution < -0.4 is 0 Å². The number of H-pyrrole nitrogens is 1. The van der Waals surface area contributed by atoms with Crippen LogP contribution in [0.2, 0.25) is 0 Å². The molecular weight excluding hydrogens is 392 g/mol. The fraction of sp³-hybridized carbons (Fsp3) is 0.261. The minimum Gasteiger partial charge on any atom is -0.464 e. The second kappa shape index (κ2) is 9.34. The van der Waals surface area contributed by atoms with Crippen molar-refractivity contribution in [1.29, 1.82) is 0 Å². The molecule has 0 aliphatic rings. The molecule has 0 fully saturated rings. The third-order valence-electron chi connectivity index (χ3n) is 5.15. The summed E-state index contributed by atoms with van der Waals surface area (Å²) >= 11 is 0. The summed E-state index contributed by atoms with van der Waals surface area (Å²) in [5.74, 6) is 0.150. The molecule has 0 amide bonds. The number of nitrogens with one attached hydrogen (secondary N) is 1. The lowest BCUT2D eigenvalue weighted by atomic mass is 9.98. The maximum absolute atomic E-state index is 11.9. The maximum atomic E-state index is 11.9. The molecule has 0 aliphatic heterocycles. The number of aromatic amines is 1. The van der Waals surface area contributed by atoms with Crippen LogP contribution in [0.15, 0.2) is 54.6 Å². The zero-order valence-electron chi connectivity index (χ0n) is 17.6. The van der Waals surface area contributed by atoms with Gasteiger partial charge >= 0.3 is 5.97 Å². The molecule has 2 aromatic heterocycles. The Labute approximate surface area is 180 Å². The number of benzene rings is 2. The largest absolute Gasteiger partial charge is 0.464 e. The van der Waals surface area contributed by atoms with Crippen molar-refractivity contribution in [2.45, 2.75) is 32.7 Å². The van der Waals surface area contributed by atoms with Crippen molar-refractivity contribution in [3.63, 3.8) is 0 Å². The highest BCUT2D eigenvalue weighted by molar-refractivity contribution is 5.87. The van der Waals surface area contributed by atoms with Crippen LogP contribution in [-0.2, 0) is 17.7 Å². The molecule has 0 saturated heterocycles. The molecule has 0 bridgehead atoms. The number of carbonyl (C=O) groups excluding carboxylic acids is 1. The first kappa shape index (κ1) is 20.5. The van der Waals surface area contributed by atoms with E-state index < -0.39 is 5.97 Å². The molecule has 0 saturated carbocycles. The van der Waals surface area contributed by atoms with Crippen molar-refractivity contribution in [2.75, 3.05) is 7.11 Å². The average Bonchev–Trinajstić information content (AvgIpc) is 3.48. The fourth-order valence-electron chi connectivity index (χ4n) is 3.52. The fourth-order valence-corrected chi connectivity index (χ4v) is 3.52. The van der Waals surface area contributed by atoms with Gasteiger partial charge in [-0.25, -0.2) is 4.79 Å². The number of hydrogen-bond donors (Lipinski definition) is 1. The van der Waals surface area contributed by atoms with E-state index in [1.54, 1.807) is 0 Å². The van der Waals surface area contributed by atoms with E-state index >= 15 is 0 Å². The van der Waals surface area contributed by atoms with Crippen LogP contribution in [0.3, 0.4) is 0 Å². The molecule has 0 spiro atoms. The summed E-state index contributed by atoms with van der Waals surface area (Å²) in [6, 6.07) is 18.1. The van der Waals surface area contributed by atoms with Gasteiger partial charge in [0.15, 0.2) is 5.69 Å². The van der Waals surface area contributed by atoms with E-state index in [1.807, 2.05) is 35.0 Å². The predicted octanol–water partition coefficient (Wildman–Crippen LogP) is 3.91. The number of aromatic nitrogens is 6. The van der Waals surface area contributed by atoms with Crippen molar-refractivity contribution in [1.82, 2.24) is 30.4 Å². The molecule has 8 heteroatoms. The van der Waals surface area contributed by atoms with Crippen LogP contribution in [0, 0.1) is 0 Å². The van der Waals surface area contributed by atoms with Crippen LogP contribution >= 0.6 is 0 Å². The van der Waals surface area contributed by atoms with Crippen molar-refractivity contribution in [3.05, 3.63) is 71.5 Å². The summed E-state index contributed by atoms with van der Waals surface area (Å²) in [7, 11) is 1.37. The van der Waals surface area contributed by atoms with Gasteiger partial charge in [-0.05, 0) is 40.8 Å². The molecule has 4 aromatic rings. The Morgan fingerprint density at radius 2 is 1.87 bits per heavy atom. The minimum absolute atomic E-state index is 0.347. The van der Waals surface area contributed by atoms with Crippen LogP contribution in [0.1, 0.15) is 41.5 Å². The lowest BCUT2D eigenvalue weighted by Crippen LogP contribution is -2.08. The number of esters is 1. The van der Waals surface area contributed by atoms with Gasteiger partial charge in [-0.2, -0.15) is 10.3 Å². The van der Waals surface area contributed by atoms with Gasteiger partial charge in [0.25, 0.3) is 0 Å². The zero-order chi connectivity index (χ0) is 21.6. The van der Waals surface area contributed by atoms with Gasteiger partial charge in [0.05, 0.1) is 13.7 Å². The highest BCUT2D eigenvalue weighted by atomic mass is 16.5. The lowest BCUT2D eigenvalue weighted by molar-refractivity contribution is 0.0593. The Morgan fingerprint density at radius 3 is 2.55 bits per heavy atom. The number of ether oxygens (including phenoxy) is 1. The topological polar surface area (TPSA) is 98.6 Å². The van der Waals surface area contributed by atoms with E-state index in [0.717, 1.165) is 47.2 Å². The second-order valence-corrected chi connectivity index (χ2v) is 7.25. The van der Waals surface area contributed by atoms with Crippen molar-refractivity contribution < 1.29 is 9.53 Å². The van der Waals surface area contributed by atoms with Crippen molar-refractivity contribution in [2.24, 2.45) is 0 Å². The number of rotatable bonds is 8. The predicted molar refractivity (Wildman–Crippen MR) is 116 cm³/mol. The lowest BCUT2D eigenvalue weighted by Gasteiger charge is -2.10. The Balaban J connectivity index is 1.59. The molecule has 158 valence electrons. The number of hydrogen-bond acceptors (Lipinski definition) is 6. The molecule has 31 heavy (non-hydrogen) atoms. The van der Waals surface area contributed by atoms with Crippen LogP contribution in [0.25, 0.3) is 22.5 Å². The summed E-state index contributed by atoms with van der Waals surface area (Å²) in [6.45, 7) is 2.73. The third kappa shape index (κ3) is 4.53. The summed E-state index contributed by atoms with van der Waals surface area (Å²) in [6.07, 6.45) is 2.99. The quantitative estimate of drug-likeness (QED) is 0.437. The highest BCUT2D eigenvalue weighted by Gasteiger charge is 2.15. The van der Waals surface area contributed by atoms with Gasteiger partial charge in [-0.3, -0.25) is 4.68 Å². The van der Waals surface area contributed by atoms with E-state index in [4.69, 9.17) is 4.74 Å². The van der Waals surface area contributed by atoms with Gasteiger partial charge in [0.1, 0.15) is 0 Å². The molecular formula is C23H24N6O2. The molecule has 2 aromatic carbocycles. The summed E-state index contributed by atoms with van der Waals surface area (Å²) in [4.78, 5) is 11.9. The normalized spacial score (nSPS) is 10.9. The number of nitrogens with zero attached hydrogens (tertiary/aromatic N) is 5. The number of tetrazole rings is 1. The molecule has 0 unspecified atom stereocenters. The Kier molecular flexibility index (Phi) is 6.16. The van der Waals surface area contributed by atoms with Gasteiger partial charge < -0.3 is 4.74 Å². The zero-order valence-corrected chi connectivity index (χ0v) is 17.6. The molecule has 0 aliphatic carbocycles. The smallest absolute Gasteiger partial charge is 0.358 e. The summed E-state index contributed by atoms with van der Waals surface area (Å²) < 4.78 is 6.73. The SMILES string of the molecule is CCCCc1cc(C(=O)OC)nn1Cc1ccc(-c2ccccc2-c2nn[nH]n2)cc1. The summed E-state index contributed by atoms with van der Waals surface area (Å²) in [5.41, 5.74) is 5.49. The average molecular weight is 416 g/mol. The Morgan fingerprint density at radius 1 is 1.10 bits per heavy atom.